The molecular weight excluding hydrogens is 406 g/mol. The van der Waals surface area contributed by atoms with Crippen LogP contribution in [0.25, 0.3) is 11.4 Å². The minimum absolute atomic E-state index is 0.0687. The molecule has 1 aliphatic heterocycles. The third kappa shape index (κ3) is 4.34. The Hall–Kier alpha value is -3.68. The van der Waals surface area contributed by atoms with Crippen molar-refractivity contribution in [2.24, 2.45) is 0 Å². The minimum atomic E-state index is -0.0687. The van der Waals surface area contributed by atoms with Gasteiger partial charge in [0.05, 0.1) is 25.5 Å². The van der Waals surface area contributed by atoms with Gasteiger partial charge in [-0.3, -0.25) is 9.78 Å². The predicted octanol–water partition coefficient (Wildman–Crippen LogP) is 3.62. The first-order valence-electron chi connectivity index (χ1n) is 10.6. The molecule has 0 radical (unpaired) electrons. The number of amides is 1. The average molecular weight is 434 g/mol. The van der Waals surface area contributed by atoms with Crippen LogP contribution in [0.15, 0.2) is 48.8 Å². The second-order valence-electron chi connectivity index (χ2n) is 7.62. The normalized spacial score (nSPS) is 15.8. The molecule has 3 aromatic rings. The number of methoxy groups -OCH3 is 2. The summed E-state index contributed by atoms with van der Waals surface area (Å²) in [6.45, 7) is 1.26. The highest BCUT2D eigenvalue weighted by atomic mass is 16.5. The maximum atomic E-state index is 13.4. The molecule has 4 rings (SSSR count). The summed E-state index contributed by atoms with van der Waals surface area (Å²) in [5, 5.41) is 3.12. The Morgan fingerprint density at radius 1 is 1.16 bits per heavy atom. The van der Waals surface area contributed by atoms with Crippen LogP contribution < -0.4 is 14.8 Å². The van der Waals surface area contributed by atoms with Crippen LogP contribution in [0.2, 0.25) is 0 Å². The van der Waals surface area contributed by atoms with Crippen molar-refractivity contribution >= 4 is 11.7 Å². The van der Waals surface area contributed by atoms with E-state index in [1.165, 1.54) is 0 Å². The lowest BCUT2D eigenvalue weighted by molar-refractivity contribution is 0.0702. The molecule has 8 heteroatoms. The first-order valence-corrected chi connectivity index (χ1v) is 10.6. The molecule has 8 nitrogen and oxygen atoms in total. The van der Waals surface area contributed by atoms with Crippen LogP contribution in [0.4, 0.5) is 5.82 Å². The van der Waals surface area contributed by atoms with Gasteiger partial charge in [-0.05, 0) is 37.1 Å². The zero-order valence-electron chi connectivity index (χ0n) is 18.5. The number of nitrogens with zero attached hydrogens (tertiary/aromatic N) is 4. The number of carbonyl (C=O) groups excluding carboxylic acids is 1. The van der Waals surface area contributed by atoms with E-state index in [1.54, 1.807) is 44.8 Å². The van der Waals surface area contributed by atoms with Gasteiger partial charge >= 0.3 is 0 Å². The largest absolute Gasteiger partial charge is 0.493 e. The topological polar surface area (TPSA) is 89.5 Å². The van der Waals surface area contributed by atoms with Crippen LogP contribution in [-0.2, 0) is 0 Å². The number of anilines is 1. The van der Waals surface area contributed by atoms with E-state index in [2.05, 4.69) is 15.3 Å². The van der Waals surface area contributed by atoms with Gasteiger partial charge < -0.3 is 19.7 Å². The number of piperidine rings is 1. The first kappa shape index (κ1) is 21.5. The van der Waals surface area contributed by atoms with Crippen molar-refractivity contribution in [3.05, 3.63) is 60.0 Å². The Labute approximate surface area is 187 Å². The Morgan fingerprint density at radius 2 is 2.03 bits per heavy atom. The number of para-hydroxylation sites is 1. The average Bonchev–Trinajstić information content (AvgIpc) is 2.87. The summed E-state index contributed by atoms with van der Waals surface area (Å²) in [4.78, 5) is 28.8. The Bertz CT molecular complexity index is 1090. The minimum Gasteiger partial charge on any atom is -0.493 e. The van der Waals surface area contributed by atoms with Crippen molar-refractivity contribution in [3.63, 3.8) is 0 Å². The number of benzene rings is 1. The van der Waals surface area contributed by atoms with E-state index in [1.807, 2.05) is 30.1 Å². The number of aromatic nitrogens is 3. The number of hydrogen-bond donors (Lipinski definition) is 1. The standard InChI is InChI=1S/C24H27N5O3/c1-25-21-13-19(27-23(28-21)16-7-5-11-26-14-16)17-8-6-12-29(15-17)24(30)18-9-4-10-20(31-2)22(18)32-3/h4-5,7,9-11,13-14,17H,6,8,12,15H2,1-3H3,(H,25,27,28). The van der Waals surface area contributed by atoms with Crippen LogP contribution in [0.5, 0.6) is 11.5 Å². The van der Waals surface area contributed by atoms with Crippen molar-refractivity contribution < 1.29 is 14.3 Å². The highest BCUT2D eigenvalue weighted by Crippen LogP contribution is 2.34. The molecule has 1 fully saturated rings. The Kier molecular flexibility index (Phi) is 6.49. The first-order chi connectivity index (χ1) is 15.6. The van der Waals surface area contributed by atoms with Gasteiger partial charge in [-0.25, -0.2) is 9.97 Å². The maximum absolute atomic E-state index is 13.4. The van der Waals surface area contributed by atoms with Gasteiger partial charge in [0, 0.05) is 50.1 Å². The Balaban J connectivity index is 1.62. The molecular formula is C24H27N5O3. The van der Waals surface area contributed by atoms with Gasteiger partial charge in [-0.15, -0.1) is 0 Å². The molecule has 0 saturated carbocycles. The summed E-state index contributed by atoms with van der Waals surface area (Å²) in [5.41, 5.74) is 2.27. The fraction of sp³-hybridized carbons (Fsp3) is 0.333. The van der Waals surface area contributed by atoms with E-state index in [-0.39, 0.29) is 11.8 Å². The van der Waals surface area contributed by atoms with Gasteiger partial charge in [0.25, 0.3) is 5.91 Å². The Morgan fingerprint density at radius 3 is 2.75 bits per heavy atom. The molecule has 1 atom stereocenters. The maximum Gasteiger partial charge on any atom is 0.257 e. The van der Waals surface area contributed by atoms with E-state index in [0.717, 1.165) is 29.9 Å². The lowest BCUT2D eigenvalue weighted by atomic mass is 9.93. The van der Waals surface area contributed by atoms with Crippen molar-refractivity contribution in [2.45, 2.75) is 18.8 Å². The molecule has 166 valence electrons. The zero-order valence-corrected chi connectivity index (χ0v) is 18.5. The van der Waals surface area contributed by atoms with Crippen molar-refractivity contribution in [1.82, 2.24) is 19.9 Å². The van der Waals surface area contributed by atoms with E-state index >= 15 is 0 Å². The van der Waals surface area contributed by atoms with E-state index in [4.69, 9.17) is 14.5 Å². The second-order valence-corrected chi connectivity index (χ2v) is 7.62. The van der Waals surface area contributed by atoms with Crippen molar-refractivity contribution in [2.75, 3.05) is 39.7 Å². The van der Waals surface area contributed by atoms with Gasteiger partial charge in [0.2, 0.25) is 0 Å². The summed E-state index contributed by atoms with van der Waals surface area (Å²) in [7, 11) is 4.95. The van der Waals surface area contributed by atoms with E-state index in [0.29, 0.717) is 36.0 Å². The fourth-order valence-corrected chi connectivity index (χ4v) is 4.06. The van der Waals surface area contributed by atoms with Crippen molar-refractivity contribution in [1.29, 1.82) is 0 Å². The lowest BCUT2D eigenvalue weighted by Gasteiger charge is -2.33. The molecule has 1 aromatic carbocycles. The molecule has 1 unspecified atom stereocenters. The summed E-state index contributed by atoms with van der Waals surface area (Å²) in [5.74, 6) is 2.41. The third-order valence-electron chi connectivity index (χ3n) is 5.68. The number of likely N-dealkylation sites (tertiary alicyclic amines) is 1. The number of carbonyl (C=O) groups is 1. The number of hydrogen-bond acceptors (Lipinski definition) is 7. The lowest BCUT2D eigenvalue weighted by Crippen LogP contribution is -2.39. The third-order valence-corrected chi connectivity index (χ3v) is 5.68. The quantitative estimate of drug-likeness (QED) is 0.635. The molecule has 3 heterocycles. The van der Waals surface area contributed by atoms with E-state index < -0.39 is 0 Å². The number of pyridine rings is 1. The predicted molar refractivity (Wildman–Crippen MR) is 122 cm³/mol. The van der Waals surface area contributed by atoms with Crippen LogP contribution in [0.3, 0.4) is 0 Å². The van der Waals surface area contributed by atoms with Crippen LogP contribution in [-0.4, -0.2) is 60.1 Å². The van der Waals surface area contributed by atoms with Gasteiger partial charge in [0.15, 0.2) is 17.3 Å². The highest BCUT2D eigenvalue weighted by molar-refractivity contribution is 5.98. The van der Waals surface area contributed by atoms with Crippen LogP contribution in [0.1, 0.15) is 34.8 Å². The van der Waals surface area contributed by atoms with Gasteiger partial charge in [0.1, 0.15) is 5.82 Å². The molecule has 0 spiro atoms. The second kappa shape index (κ2) is 9.64. The molecule has 1 saturated heterocycles. The monoisotopic (exact) mass is 433 g/mol. The van der Waals surface area contributed by atoms with Crippen molar-refractivity contribution in [3.8, 4) is 22.9 Å². The molecule has 1 amide bonds. The molecule has 1 N–H and O–H groups in total. The van der Waals surface area contributed by atoms with Crippen LogP contribution >= 0.6 is 0 Å². The van der Waals surface area contributed by atoms with Gasteiger partial charge in [-0.1, -0.05) is 6.07 Å². The SMILES string of the molecule is CNc1cc(C2CCCN(C(=O)c3cccc(OC)c3OC)C2)nc(-c2cccnc2)n1. The highest BCUT2D eigenvalue weighted by Gasteiger charge is 2.29. The molecule has 0 bridgehead atoms. The fourth-order valence-electron chi connectivity index (χ4n) is 4.06. The molecule has 0 aliphatic carbocycles. The van der Waals surface area contributed by atoms with E-state index in [9.17, 15) is 4.79 Å². The molecule has 2 aromatic heterocycles. The summed E-state index contributed by atoms with van der Waals surface area (Å²) < 4.78 is 10.8. The summed E-state index contributed by atoms with van der Waals surface area (Å²) >= 11 is 0. The molecule has 32 heavy (non-hydrogen) atoms. The molecule has 1 aliphatic rings. The summed E-state index contributed by atoms with van der Waals surface area (Å²) in [6, 6.07) is 11.1. The number of ether oxygens (including phenoxy) is 2. The number of nitrogens with one attached hydrogen (secondary N) is 1. The van der Waals surface area contributed by atoms with Crippen LogP contribution in [0, 0.1) is 0 Å². The zero-order chi connectivity index (χ0) is 22.5. The summed E-state index contributed by atoms with van der Waals surface area (Å²) in [6.07, 6.45) is 5.32. The van der Waals surface area contributed by atoms with Gasteiger partial charge in [-0.2, -0.15) is 0 Å². The number of rotatable bonds is 6. The smallest absolute Gasteiger partial charge is 0.257 e.